The van der Waals surface area contributed by atoms with Gasteiger partial charge in [-0.2, -0.15) is 0 Å². The Morgan fingerprint density at radius 2 is 2.20 bits per heavy atom. The van der Waals surface area contributed by atoms with Crippen molar-refractivity contribution < 1.29 is 0 Å². The molecule has 1 atom stereocenters. The van der Waals surface area contributed by atoms with E-state index in [1.165, 1.54) is 10.4 Å². The molecule has 1 unspecified atom stereocenters. The zero-order valence-corrected chi connectivity index (χ0v) is 13.6. The van der Waals surface area contributed by atoms with E-state index in [-0.39, 0.29) is 0 Å². The Morgan fingerprint density at radius 1 is 1.40 bits per heavy atom. The second-order valence-corrected chi connectivity index (χ2v) is 6.77. The summed E-state index contributed by atoms with van der Waals surface area (Å²) in [4.78, 5) is 8.11. The van der Waals surface area contributed by atoms with Gasteiger partial charge in [0.25, 0.3) is 0 Å². The molecule has 0 bridgehead atoms. The molecule has 0 fully saturated rings. The number of halogens is 1. The smallest absolute Gasteiger partial charge is 0.194 e. The molecule has 0 amide bonds. The van der Waals surface area contributed by atoms with E-state index in [4.69, 9.17) is 0 Å². The molecule has 5 heteroatoms. The summed E-state index contributed by atoms with van der Waals surface area (Å²) in [5, 5.41) is 5.61. The van der Waals surface area contributed by atoms with Gasteiger partial charge in [-0.15, -0.1) is 11.3 Å². The third-order valence-corrected chi connectivity index (χ3v) is 4.99. The lowest BCUT2D eigenvalue weighted by molar-refractivity contribution is 0.484. The lowest BCUT2D eigenvalue weighted by Gasteiger charge is -2.20. The van der Waals surface area contributed by atoms with E-state index in [0.29, 0.717) is 6.04 Å². The molecule has 0 saturated carbocycles. The highest BCUT2D eigenvalue weighted by Crippen LogP contribution is 2.22. The van der Waals surface area contributed by atoms with Crippen molar-refractivity contribution in [1.82, 2.24) is 10.2 Å². The first-order valence-electron chi connectivity index (χ1n) is 6.52. The van der Waals surface area contributed by atoms with Crippen LogP contribution in [0.5, 0.6) is 0 Å². The van der Waals surface area contributed by atoms with Gasteiger partial charge in [0.05, 0.1) is 19.1 Å². The largest absolute Gasteiger partial charge is 0.348 e. The average Bonchev–Trinajstić information content (AvgIpc) is 3.09. The predicted molar refractivity (Wildman–Crippen MR) is 88.1 cm³/mol. The van der Waals surface area contributed by atoms with Crippen molar-refractivity contribution in [1.29, 1.82) is 0 Å². The lowest BCUT2D eigenvalue weighted by atomic mass is 10.1. The molecule has 3 rings (SSSR count). The molecule has 0 radical (unpaired) electrons. The number of hydrogen-bond donors (Lipinski definition) is 1. The van der Waals surface area contributed by atoms with Gasteiger partial charge in [0.1, 0.15) is 0 Å². The highest BCUT2D eigenvalue weighted by Gasteiger charge is 2.21. The van der Waals surface area contributed by atoms with Gasteiger partial charge in [0, 0.05) is 21.8 Å². The third kappa shape index (κ3) is 3.04. The van der Waals surface area contributed by atoms with E-state index in [0.717, 1.165) is 23.5 Å². The third-order valence-electron chi connectivity index (χ3n) is 3.31. The Morgan fingerprint density at radius 3 is 2.90 bits per heavy atom. The summed E-state index contributed by atoms with van der Waals surface area (Å²) in [5.74, 6) is 0.975. The van der Waals surface area contributed by atoms with Crippen LogP contribution < -0.4 is 5.32 Å². The van der Waals surface area contributed by atoms with Crippen molar-refractivity contribution in [3.8, 4) is 0 Å². The number of aliphatic imine (C=N–C) groups is 1. The number of rotatable bonds is 3. The molecule has 0 aliphatic carbocycles. The quantitative estimate of drug-likeness (QED) is 0.915. The molecule has 1 aromatic heterocycles. The van der Waals surface area contributed by atoms with E-state index in [9.17, 15) is 0 Å². The maximum atomic E-state index is 4.62. The maximum absolute atomic E-state index is 4.62. The Bertz CT molecular complexity index is 609. The van der Waals surface area contributed by atoms with Gasteiger partial charge in [-0.1, -0.05) is 30.3 Å². The zero-order chi connectivity index (χ0) is 13.9. The minimum atomic E-state index is 0.295. The molecule has 0 saturated heterocycles. The minimum Gasteiger partial charge on any atom is -0.348 e. The van der Waals surface area contributed by atoms with Crippen molar-refractivity contribution in [3.63, 3.8) is 0 Å². The summed E-state index contributed by atoms with van der Waals surface area (Å²) in [6.45, 7) is 1.68. The first-order chi connectivity index (χ1) is 9.72. The van der Waals surface area contributed by atoms with Gasteiger partial charge in [0.15, 0.2) is 5.96 Å². The summed E-state index contributed by atoms with van der Waals surface area (Å²) >= 11 is 5.25. The van der Waals surface area contributed by atoms with E-state index in [1.54, 1.807) is 11.3 Å². The monoisotopic (exact) mass is 349 g/mol. The van der Waals surface area contributed by atoms with Crippen LogP contribution in [-0.4, -0.2) is 24.5 Å². The number of nitrogens with zero attached hydrogens (tertiary/aromatic N) is 2. The van der Waals surface area contributed by atoms with Gasteiger partial charge in [0.2, 0.25) is 0 Å². The maximum Gasteiger partial charge on any atom is 0.194 e. The Hall–Kier alpha value is -1.33. The molecule has 2 heterocycles. The van der Waals surface area contributed by atoms with Crippen molar-refractivity contribution in [2.45, 2.75) is 12.6 Å². The number of nitrogens with one attached hydrogen (secondary N) is 1. The molecule has 1 aliphatic heterocycles. The first kappa shape index (κ1) is 13.6. The van der Waals surface area contributed by atoms with Crippen LogP contribution in [0.15, 0.2) is 51.2 Å². The second kappa shape index (κ2) is 5.97. The SMILES string of the molecule is CN(Cc1cc(Br)cs1)C1=NCC(c2ccccc2)N1. The molecule has 0 spiro atoms. The van der Waals surface area contributed by atoms with Crippen molar-refractivity contribution in [2.24, 2.45) is 4.99 Å². The first-order valence-corrected chi connectivity index (χ1v) is 8.19. The Balaban J connectivity index is 1.62. The van der Waals surface area contributed by atoms with Crippen LogP contribution in [0.25, 0.3) is 0 Å². The fourth-order valence-corrected chi connectivity index (χ4v) is 3.78. The summed E-state index contributed by atoms with van der Waals surface area (Å²) < 4.78 is 1.15. The highest BCUT2D eigenvalue weighted by molar-refractivity contribution is 9.10. The van der Waals surface area contributed by atoms with Crippen LogP contribution in [0.1, 0.15) is 16.5 Å². The fourth-order valence-electron chi connectivity index (χ4n) is 2.28. The summed E-state index contributed by atoms with van der Waals surface area (Å²) in [7, 11) is 2.08. The molecule has 2 aromatic rings. The van der Waals surface area contributed by atoms with E-state index >= 15 is 0 Å². The number of thiophene rings is 1. The van der Waals surface area contributed by atoms with Gasteiger partial charge in [-0.3, -0.25) is 4.99 Å². The summed E-state index contributed by atoms with van der Waals surface area (Å²) in [6, 6.07) is 12.9. The van der Waals surface area contributed by atoms with Gasteiger partial charge >= 0.3 is 0 Å². The lowest BCUT2D eigenvalue weighted by Crippen LogP contribution is -2.36. The predicted octanol–water partition coefficient (Wildman–Crippen LogP) is 3.64. The van der Waals surface area contributed by atoms with Crippen molar-refractivity contribution in [3.05, 3.63) is 56.7 Å². The number of benzene rings is 1. The molecular formula is C15H16BrN3S. The number of guanidine groups is 1. The van der Waals surface area contributed by atoms with E-state index < -0.39 is 0 Å². The van der Waals surface area contributed by atoms with Crippen LogP contribution in [0.3, 0.4) is 0 Å². The topological polar surface area (TPSA) is 27.6 Å². The summed E-state index contributed by atoms with van der Waals surface area (Å²) in [5.41, 5.74) is 1.29. The van der Waals surface area contributed by atoms with Crippen LogP contribution in [0.4, 0.5) is 0 Å². The van der Waals surface area contributed by atoms with Crippen LogP contribution in [-0.2, 0) is 6.54 Å². The molecule has 1 aromatic carbocycles. The molecule has 104 valence electrons. The Kier molecular flexibility index (Phi) is 4.08. The van der Waals surface area contributed by atoms with Gasteiger partial charge in [-0.05, 0) is 27.6 Å². The van der Waals surface area contributed by atoms with E-state index in [2.05, 4.69) is 73.9 Å². The van der Waals surface area contributed by atoms with Gasteiger partial charge < -0.3 is 10.2 Å². The average molecular weight is 350 g/mol. The fraction of sp³-hybridized carbons (Fsp3) is 0.267. The highest BCUT2D eigenvalue weighted by atomic mass is 79.9. The molecule has 1 aliphatic rings. The molecule has 1 N–H and O–H groups in total. The molecule has 3 nitrogen and oxygen atoms in total. The minimum absolute atomic E-state index is 0.295. The zero-order valence-electron chi connectivity index (χ0n) is 11.2. The number of hydrogen-bond acceptors (Lipinski definition) is 4. The van der Waals surface area contributed by atoms with E-state index in [1.807, 2.05) is 6.07 Å². The Labute approximate surface area is 131 Å². The standard InChI is InChI=1S/C15H16BrN3S/c1-19(9-13-7-12(16)10-20-13)15-17-8-14(18-15)11-5-3-2-4-6-11/h2-7,10,14H,8-9H2,1H3,(H,17,18). The molecule has 20 heavy (non-hydrogen) atoms. The normalized spacial score (nSPS) is 17.7. The van der Waals surface area contributed by atoms with Crippen molar-refractivity contribution >= 4 is 33.2 Å². The van der Waals surface area contributed by atoms with Crippen LogP contribution >= 0.6 is 27.3 Å². The van der Waals surface area contributed by atoms with Crippen molar-refractivity contribution in [2.75, 3.05) is 13.6 Å². The van der Waals surface area contributed by atoms with Crippen LogP contribution in [0, 0.1) is 0 Å². The second-order valence-electron chi connectivity index (χ2n) is 4.86. The van der Waals surface area contributed by atoms with Gasteiger partial charge in [-0.25, -0.2) is 0 Å². The summed E-state index contributed by atoms with van der Waals surface area (Å²) in [6.07, 6.45) is 0. The van der Waals surface area contributed by atoms with Crippen LogP contribution in [0.2, 0.25) is 0 Å². The molecular weight excluding hydrogens is 334 g/mol.